The van der Waals surface area contributed by atoms with Gasteiger partial charge in [-0.15, -0.1) is 0 Å². The molecule has 0 spiro atoms. The number of unbranched alkanes of at least 4 members (excludes halogenated alkanes) is 2. The summed E-state index contributed by atoms with van der Waals surface area (Å²) in [6.07, 6.45) is 8.03. The molecule has 0 aromatic carbocycles. The maximum Gasteiger partial charge on any atom is 0.237 e. The van der Waals surface area contributed by atoms with Gasteiger partial charge in [-0.05, 0) is 59.2 Å². The third-order valence-electron chi connectivity index (χ3n) is 4.00. The summed E-state index contributed by atoms with van der Waals surface area (Å²) in [4.78, 5) is 14.0. The molecule has 1 saturated carbocycles. The average Bonchev–Trinajstić information content (AvgIpc) is 3.13. The summed E-state index contributed by atoms with van der Waals surface area (Å²) in [5.41, 5.74) is 5.02. The summed E-state index contributed by atoms with van der Waals surface area (Å²) in [6, 6.07) is 0.514. The highest BCUT2D eigenvalue weighted by Gasteiger charge is 2.36. The topological polar surface area (TPSA) is 58.4 Å². The average molecular weight is 269 g/mol. The van der Waals surface area contributed by atoms with Gasteiger partial charge in [-0.3, -0.25) is 4.79 Å². The normalized spacial score (nSPS) is 18.5. The van der Waals surface area contributed by atoms with Gasteiger partial charge in [-0.1, -0.05) is 19.8 Å². The largest absolute Gasteiger partial charge is 0.368 e. The van der Waals surface area contributed by atoms with Crippen molar-refractivity contribution in [3.8, 4) is 0 Å². The van der Waals surface area contributed by atoms with E-state index in [1.54, 1.807) is 0 Å². The molecule has 0 aromatic rings. The molecule has 0 aromatic heterocycles. The van der Waals surface area contributed by atoms with E-state index in [0.717, 1.165) is 25.9 Å². The number of primary amides is 1. The van der Waals surface area contributed by atoms with Crippen LogP contribution >= 0.6 is 0 Å². The molecule has 1 aliphatic rings. The number of hydrogen-bond donors (Lipinski definition) is 2. The zero-order chi connectivity index (χ0) is 14.3. The first kappa shape index (κ1) is 16.4. The van der Waals surface area contributed by atoms with Crippen molar-refractivity contribution in [2.45, 2.75) is 70.4 Å². The molecule has 1 amide bonds. The van der Waals surface area contributed by atoms with Crippen LogP contribution in [0.3, 0.4) is 0 Å². The Balaban J connectivity index is 2.22. The van der Waals surface area contributed by atoms with Crippen LogP contribution in [0.4, 0.5) is 0 Å². The Labute approximate surface area is 118 Å². The smallest absolute Gasteiger partial charge is 0.237 e. The summed E-state index contributed by atoms with van der Waals surface area (Å²) >= 11 is 0. The first-order chi connectivity index (χ1) is 8.98. The monoisotopic (exact) mass is 269 g/mol. The predicted octanol–water partition coefficient (Wildman–Crippen LogP) is 1.88. The van der Waals surface area contributed by atoms with E-state index >= 15 is 0 Å². The Morgan fingerprint density at radius 2 is 1.95 bits per heavy atom. The molecule has 4 heteroatoms. The molecule has 1 unspecified atom stereocenters. The summed E-state index contributed by atoms with van der Waals surface area (Å²) in [6.45, 7) is 6.36. The van der Waals surface area contributed by atoms with E-state index < -0.39 is 5.54 Å². The second-order valence-corrected chi connectivity index (χ2v) is 6.23. The van der Waals surface area contributed by atoms with E-state index in [9.17, 15) is 4.79 Å². The van der Waals surface area contributed by atoms with Gasteiger partial charge in [0.1, 0.15) is 0 Å². The molecule has 0 aliphatic heterocycles. The molecular weight excluding hydrogens is 238 g/mol. The SMILES string of the molecule is CCCCCN(C)CCCC(C)(NC1CC1)C(N)=O. The van der Waals surface area contributed by atoms with Gasteiger partial charge >= 0.3 is 0 Å². The highest BCUT2D eigenvalue weighted by molar-refractivity contribution is 5.84. The Bertz CT molecular complexity index is 279. The fourth-order valence-electron chi connectivity index (χ4n) is 2.39. The van der Waals surface area contributed by atoms with Crippen molar-refractivity contribution in [2.24, 2.45) is 5.73 Å². The predicted molar refractivity (Wildman–Crippen MR) is 80.0 cm³/mol. The molecular formula is C15H31N3O. The van der Waals surface area contributed by atoms with Crippen LogP contribution in [0, 0.1) is 0 Å². The minimum atomic E-state index is -0.522. The zero-order valence-electron chi connectivity index (χ0n) is 12.9. The highest BCUT2D eigenvalue weighted by Crippen LogP contribution is 2.24. The van der Waals surface area contributed by atoms with E-state index in [0.29, 0.717) is 6.04 Å². The highest BCUT2D eigenvalue weighted by atomic mass is 16.1. The number of amides is 1. The van der Waals surface area contributed by atoms with E-state index in [1.807, 2.05) is 6.92 Å². The summed E-state index contributed by atoms with van der Waals surface area (Å²) in [5.74, 6) is -0.215. The van der Waals surface area contributed by atoms with E-state index in [2.05, 4.69) is 24.2 Å². The van der Waals surface area contributed by atoms with Gasteiger partial charge < -0.3 is 16.0 Å². The van der Waals surface area contributed by atoms with Crippen LogP contribution in [0.1, 0.15) is 58.8 Å². The van der Waals surface area contributed by atoms with Crippen LogP contribution in [-0.4, -0.2) is 42.5 Å². The minimum Gasteiger partial charge on any atom is -0.368 e. The van der Waals surface area contributed by atoms with Crippen LogP contribution in [0.5, 0.6) is 0 Å². The van der Waals surface area contributed by atoms with Crippen LogP contribution < -0.4 is 11.1 Å². The van der Waals surface area contributed by atoms with Gasteiger partial charge in [0.25, 0.3) is 0 Å². The van der Waals surface area contributed by atoms with E-state index in [-0.39, 0.29) is 5.91 Å². The number of nitrogens with two attached hydrogens (primary N) is 1. The van der Waals surface area contributed by atoms with Crippen LogP contribution in [0.2, 0.25) is 0 Å². The first-order valence-electron chi connectivity index (χ1n) is 7.74. The summed E-state index contributed by atoms with van der Waals surface area (Å²) < 4.78 is 0. The molecule has 19 heavy (non-hydrogen) atoms. The van der Waals surface area contributed by atoms with Crippen molar-refractivity contribution in [2.75, 3.05) is 20.1 Å². The summed E-state index contributed by atoms with van der Waals surface area (Å²) in [5, 5.41) is 3.40. The van der Waals surface area contributed by atoms with Crippen molar-refractivity contribution in [3.63, 3.8) is 0 Å². The molecule has 1 aliphatic carbocycles. The molecule has 0 saturated heterocycles. The molecule has 1 fully saturated rings. The van der Waals surface area contributed by atoms with Gasteiger partial charge in [0.05, 0.1) is 5.54 Å². The van der Waals surface area contributed by atoms with Gasteiger partial charge in [0.2, 0.25) is 5.91 Å². The Morgan fingerprint density at radius 3 is 2.47 bits per heavy atom. The lowest BCUT2D eigenvalue weighted by Gasteiger charge is -2.28. The number of hydrogen-bond acceptors (Lipinski definition) is 3. The van der Waals surface area contributed by atoms with Gasteiger partial charge in [0.15, 0.2) is 0 Å². The molecule has 112 valence electrons. The summed E-state index contributed by atoms with van der Waals surface area (Å²) in [7, 11) is 2.16. The molecule has 1 atom stereocenters. The molecule has 0 radical (unpaired) electrons. The number of rotatable bonds is 11. The zero-order valence-corrected chi connectivity index (χ0v) is 12.9. The van der Waals surface area contributed by atoms with Crippen molar-refractivity contribution in [1.29, 1.82) is 0 Å². The second kappa shape index (κ2) is 7.85. The first-order valence-corrected chi connectivity index (χ1v) is 7.74. The minimum absolute atomic E-state index is 0.215. The standard InChI is InChI=1S/C15H31N3O/c1-4-5-6-11-18(3)12-7-10-15(2,14(16)19)17-13-8-9-13/h13,17H,4-12H2,1-3H3,(H2,16,19). The molecule has 1 rings (SSSR count). The quantitative estimate of drug-likeness (QED) is 0.563. The van der Waals surface area contributed by atoms with Crippen molar-refractivity contribution in [3.05, 3.63) is 0 Å². The number of nitrogens with one attached hydrogen (secondary N) is 1. The second-order valence-electron chi connectivity index (χ2n) is 6.23. The molecule has 4 nitrogen and oxygen atoms in total. The lowest BCUT2D eigenvalue weighted by atomic mass is 9.94. The van der Waals surface area contributed by atoms with Gasteiger partial charge in [-0.25, -0.2) is 0 Å². The maximum atomic E-state index is 11.6. The van der Waals surface area contributed by atoms with Crippen molar-refractivity contribution in [1.82, 2.24) is 10.2 Å². The third-order valence-corrected chi connectivity index (χ3v) is 4.00. The fraction of sp³-hybridized carbons (Fsp3) is 0.933. The lowest BCUT2D eigenvalue weighted by molar-refractivity contribution is -0.124. The van der Waals surface area contributed by atoms with Gasteiger partial charge in [0, 0.05) is 6.04 Å². The van der Waals surface area contributed by atoms with Crippen LogP contribution in [-0.2, 0) is 4.79 Å². The molecule has 0 heterocycles. The van der Waals surface area contributed by atoms with Crippen molar-refractivity contribution < 1.29 is 4.79 Å². The lowest BCUT2D eigenvalue weighted by Crippen LogP contribution is -2.54. The third kappa shape index (κ3) is 6.39. The Hall–Kier alpha value is -0.610. The van der Waals surface area contributed by atoms with Crippen LogP contribution in [0.15, 0.2) is 0 Å². The number of carbonyl (C=O) groups excluding carboxylic acids is 1. The maximum absolute atomic E-state index is 11.6. The van der Waals surface area contributed by atoms with E-state index in [4.69, 9.17) is 5.73 Å². The molecule has 0 bridgehead atoms. The van der Waals surface area contributed by atoms with Gasteiger partial charge in [-0.2, -0.15) is 0 Å². The fourth-order valence-corrected chi connectivity index (χ4v) is 2.39. The van der Waals surface area contributed by atoms with E-state index in [1.165, 1.54) is 32.1 Å². The Morgan fingerprint density at radius 1 is 1.32 bits per heavy atom. The number of carbonyl (C=O) groups is 1. The molecule has 3 N–H and O–H groups in total. The Kier molecular flexibility index (Phi) is 6.80. The van der Waals surface area contributed by atoms with Crippen LogP contribution in [0.25, 0.3) is 0 Å². The number of nitrogens with zero attached hydrogens (tertiary/aromatic N) is 1. The van der Waals surface area contributed by atoms with Crippen molar-refractivity contribution >= 4 is 5.91 Å².